The van der Waals surface area contributed by atoms with Crippen molar-refractivity contribution in [2.24, 2.45) is 0 Å². The van der Waals surface area contributed by atoms with Crippen molar-refractivity contribution in [1.82, 2.24) is 0 Å². The number of esters is 1. The molecule has 0 bridgehead atoms. The third kappa shape index (κ3) is 9.97. The zero-order chi connectivity index (χ0) is 12.2. The maximum absolute atomic E-state index is 10.8. The van der Waals surface area contributed by atoms with E-state index >= 15 is 0 Å². The smallest absolute Gasteiger partial charge is 0.308 e. The summed E-state index contributed by atoms with van der Waals surface area (Å²) >= 11 is 0. The second kappa shape index (κ2) is 10.9. The molecule has 0 aromatic heterocycles. The largest absolute Gasteiger partial charge is 0.469 e. The number of unbranched alkanes of at least 4 members (excludes halogenated alkanes) is 6. The molecule has 0 aliphatic carbocycles. The second-order valence-electron chi connectivity index (χ2n) is 4.34. The Balaban J connectivity index is 3.21. The quantitative estimate of drug-likeness (QED) is 0.463. The molecule has 96 valence electrons. The van der Waals surface area contributed by atoms with E-state index in [1.165, 1.54) is 39.2 Å². The number of aliphatic hydroxyl groups excluding tert-OH is 1. The molecule has 0 aliphatic heterocycles. The summed E-state index contributed by atoms with van der Waals surface area (Å²) in [4.78, 5) is 10.8. The van der Waals surface area contributed by atoms with Crippen molar-refractivity contribution in [3.05, 3.63) is 0 Å². The molecule has 0 heterocycles. The summed E-state index contributed by atoms with van der Waals surface area (Å²) in [6.07, 6.45) is 8.93. The van der Waals surface area contributed by atoms with Crippen LogP contribution in [0.15, 0.2) is 0 Å². The highest BCUT2D eigenvalue weighted by molar-refractivity contribution is 5.69. The first-order chi connectivity index (χ1) is 7.70. The van der Waals surface area contributed by atoms with E-state index in [9.17, 15) is 9.90 Å². The van der Waals surface area contributed by atoms with E-state index < -0.39 is 6.10 Å². The lowest BCUT2D eigenvalue weighted by Crippen LogP contribution is -2.14. The van der Waals surface area contributed by atoms with E-state index in [1.54, 1.807) is 0 Å². The first-order valence-electron chi connectivity index (χ1n) is 6.45. The van der Waals surface area contributed by atoms with Gasteiger partial charge >= 0.3 is 5.97 Å². The van der Waals surface area contributed by atoms with Crippen molar-refractivity contribution < 1.29 is 14.6 Å². The van der Waals surface area contributed by atoms with Crippen LogP contribution in [-0.2, 0) is 9.53 Å². The molecule has 16 heavy (non-hydrogen) atoms. The standard InChI is InChI=1S/C13H26O3/c1-3-4-5-6-7-8-9-10-12(14)11-13(15)16-2/h12,14H,3-11H2,1-2H3/t12-/m1/s1. The van der Waals surface area contributed by atoms with E-state index in [0.717, 1.165) is 12.8 Å². The molecule has 0 fully saturated rings. The van der Waals surface area contributed by atoms with Crippen molar-refractivity contribution in [1.29, 1.82) is 0 Å². The molecule has 0 spiro atoms. The Morgan fingerprint density at radius 2 is 1.69 bits per heavy atom. The molecular formula is C13H26O3. The van der Waals surface area contributed by atoms with Gasteiger partial charge in [-0.15, -0.1) is 0 Å². The van der Waals surface area contributed by atoms with Gasteiger partial charge in [-0.25, -0.2) is 0 Å². The maximum Gasteiger partial charge on any atom is 0.308 e. The molecule has 0 aromatic rings. The zero-order valence-electron chi connectivity index (χ0n) is 10.7. The van der Waals surface area contributed by atoms with E-state index in [4.69, 9.17) is 0 Å². The van der Waals surface area contributed by atoms with Gasteiger partial charge in [-0.3, -0.25) is 4.79 Å². The lowest BCUT2D eigenvalue weighted by molar-refractivity contribution is -0.142. The van der Waals surface area contributed by atoms with Crippen LogP contribution in [0.4, 0.5) is 0 Å². The zero-order valence-corrected chi connectivity index (χ0v) is 10.7. The van der Waals surface area contributed by atoms with Crippen molar-refractivity contribution in [2.75, 3.05) is 7.11 Å². The molecule has 0 saturated heterocycles. The van der Waals surface area contributed by atoms with Crippen LogP contribution in [0.25, 0.3) is 0 Å². The number of ether oxygens (including phenoxy) is 1. The summed E-state index contributed by atoms with van der Waals surface area (Å²) in [7, 11) is 1.35. The molecule has 1 N–H and O–H groups in total. The number of rotatable bonds is 10. The highest BCUT2D eigenvalue weighted by Gasteiger charge is 2.09. The predicted molar refractivity (Wildman–Crippen MR) is 65.2 cm³/mol. The fourth-order valence-electron chi connectivity index (χ4n) is 1.71. The van der Waals surface area contributed by atoms with E-state index in [2.05, 4.69) is 11.7 Å². The van der Waals surface area contributed by atoms with Crippen LogP contribution >= 0.6 is 0 Å². The van der Waals surface area contributed by atoms with Gasteiger partial charge in [-0.1, -0.05) is 51.9 Å². The summed E-state index contributed by atoms with van der Waals surface area (Å²) in [5, 5.41) is 9.49. The van der Waals surface area contributed by atoms with Gasteiger partial charge in [0.1, 0.15) is 0 Å². The van der Waals surface area contributed by atoms with Gasteiger partial charge < -0.3 is 9.84 Å². The van der Waals surface area contributed by atoms with Crippen LogP contribution < -0.4 is 0 Å². The van der Waals surface area contributed by atoms with E-state index in [0.29, 0.717) is 6.42 Å². The highest BCUT2D eigenvalue weighted by Crippen LogP contribution is 2.11. The van der Waals surface area contributed by atoms with Crippen LogP contribution in [0.1, 0.15) is 64.7 Å². The molecule has 3 heteroatoms. The molecule has 0 radical (unpaired) electrons. The van der Waals surface area contributed by atoms with Crippen LogP contribution in [0.5, 0.6) is 0 Å². The maximum atomic E-state index is 10.8. The Kier molecular flexibility index (Phi) is 10.5. The summed E-state index contributed by atoms with van der Waals surface area (Å²) in [5.41, 5.74) is 0. The molecule has 0 saturated carbocycles. The topological polar surface area (TPSA) is 46.5 Å². The third-order valence-electron chi connectivity index (χ3n) is 2.77. The summed E-state index contributed by atoms with van der Waals surface area (Å²) in [6, 6.07) is 0. The Morgan fingerprint density at radius 3 is 2.25 bits per heavy atom. The molecule has 3 nitrogen and oxygen atoms in total. The lowest BCUT2D eigenvalue weighted by atomic mass is 10.1. The third-order valence-corrected chi connectivity index (χ3v) is 2.77. The van der Waals surface area contributed by atoms with Gasteiger partial charge in [0.25, 0.3) is 0 Å². The van der Waals surface area contributed by atoms with Gasteiger partial charge in [-0.05, 0) is 6.42 Å². The average molecular weight is 230 g/mol. The molecule has 1 atom stereocenters. The van der Waals surface area contributed by atoms with Gasteiger partial charge in [-0.2, -0.15) is 0 Å². The van der Waals surface area contributed by atoms with Gasteiger partial charge in [0.15, 0.2) is 0 Å². The van der Waals surface area contributed by atoms with Crippen LogP contribution in [-0.4, -0.2) is 24.3 Å². The second-order valence-corrected chi connectivity index (χ2v) is 4.34. The Hall–Kier alpha value is -0.570. The Bertz CT molecular complexity index is 169. The van der Waals surface area contributed by atoms with Crippen LogP contribution in [0, 0.1) is 0 Å². The van der Waals surface area contributed by atoms with Crippen molar-refractivity contribution in [3.63, 3.8) is 0 Å². The Labute approximate surface area is 99.2 Å². The van der Waals surface area contributed by atoms with Gasteiger partial charge in [0.05, 0.1) is 19.6 Å². The monoisotopic (exact) mass is 230 g/mol. The number of methoxy groups -OCH3 is 1. The summed E-state index contributed by atoms with van der Waals surface area (Å²) < 4.78 is 4.49. The number of carbonyl (C=O) groups excluding carboxylic acids is 1. The van der Waals surface area contributed by atoms with Crippen molar-refractivity contribution >= 4 is 5.97 Å². The molecule has 0 aromatic carbocycles. The van der Waals surface area contributed by atoms with Gasteiger partial charge in [0.2, 0.25) is 0 Å². The number of aliphatic hydroxyl groups is 1. The molecule has 0 amide bonds. The van der Waals surface area contributed by atoms with Crippen LogP contribution in [0.3, 0.4) is 0 Å². The minimum Gasteiger partial charge on any atom is -0.469 e. The Morgan fingerprint density at radius 1 is 1.12 bits per heavy atom. The van der Waals surface area contributed by atoms with E-state index in [1.807, 2.05) is 0 Å². The van der Waals surface area contributed by atoms with Gasteiger partial charge in [0, 0.05) is 0 Å². The highest BCUT2D eigenvalue weighted by atomic mass is 16.5. The summed E-state index contributed by atoms with van der Waals surface area (Å²) in [6.45, 7) is 2.21. The number of carbonyl (C=O) groups is 1. The number of hydrogen-bond donors (Lipinski definition) is 1. The lowest BCUT2D eigenvalue weighted by Gasteiger charge is -2.08. The predicted octanol–water partition coefficient (Wildman–Crippen LogP) is 3.05. The molecule has 0 rings (SSSR count). The minimum atomic E-state index is -0.525. The average Bonchev–Trinajstić information content (AvgIpc) is 2.27. The SMILES string of the molecule is CCCCCCCCC[C@@H](O)CC(=O)OC. The van der Waals surface area contributed by atoms with E-state index in [-0.39, 0.29) is 12.4 Å². The first-order valence-corrected chi connectivity index (χ1v) is 6.45. The summed E-state index contributed by atoms with van der Waals surface area (Å²) in [5.74, 6) is -0.324. The molecule has 0 aliphatic rings. The molecular weight excluding hydrogens is 204 g/mol. The first kappa shape index (κ1) is 15.4. The van der Waals surface area contributed by atoms with Crippen molar-refractivity contribution in [2.45, 2.75) is 70.8 Å². The minimum absolute atomic E-state index is 0.131. The fraction of sp³-hybridized carbons (Fsp3) is 0.923. The fourth-order valence-corrected chi connectivity index (χ4v) is 1.71. The molecule has 0 unspecified atom stereocenters. The van der Waals surface area contributed by atoms with Crippen LogP contribution in [0.2, 0.25) is 0 Å². The van der Waals surface area contributed by atoms with Crippen molar-refractivity contribution in [3.8, 4) is 0 Å². The number of hydrogen-bond acceptors (Lipinski definition) is 3. The normalized spacial score (nSPS) is 12.4.